The fourth-order valence-electron chi connectivity index (χ4n) is 3.38. The summed E-state index contributed by atoms with van der Waals surface area (Å²) in [6.45, 7) is 10.3. The highest BCUT2D eigenvalue weighted by Gasteiger charge is 2.15. The predicted octanol–water partition coefficient (Wildman–Crippen LogP) is 6.83. The number of likely N-dealkylation sites (N-methyl/N-ethyl adjacent to an activating group) is 1. The first kappa shape index (κ1) is 27.2. The molecule has 1 aromatic rings. The Morgan fingerprint density at radius 1 is 1.29 bits per heavy atom. The minimum Gasteiger partial charge on any atom is -0.496 e. The zero-order valence-electron chi connectivity index (χ0n) is 20.4. The fourth-order valence-corrected chi connectivity index (χ4v) is 4.00. The Bertz CT molecular complexity index is 726. The van der Waals surface area contributed by atoms with Crippen molar-refractivity contribution in [2.45, 2.75) is 72.3 Å². The summed E-state index contributed by atoms with van der Waals surface area (Å²) in [5.74, 6) is 0.966. The second-order valence-corrected chi connectivity index (χ2v) is 9.08. The first-order valence-corrected chi connectivity index (χ1v) is 12.4. The van der Waals surface area contributed by atoms with Crippen LogP contribution in [0, 0.1) is 0 Å². The van der Waals surface area contributed by atoms with Gasteiger partial charge < -0.3 is 15.0 Å². The summed E-state index contributed by atoms with van der Waals surface area (Å²) in [6.07, 6.45) is 13.1. The Labute approximate surface area is 195 Å². The van der Waals surface area contributed by atoms with Crippen LogP contribution in [0.1, 0.15) is 77.3 Å². The second kappa shape index (κ2) is 15.9. The number of allylic oxidation sites excluding steroid dienone is 4. The van der Waals surface area contributed by atoms with Crippen molar-refractivity contribution < 1.29 is 11.0 Å². The number of rotatable bonds is 15. The standard InChI is InChI=1S/C26H42N2O2S.H2/c1-7-9-10-11-14-23(27-26(29)25-15-12-20-31-25)17-19-28(5)18-16-21(3)22(4)24(30-6)13-8-2;/h8,12-13,15-16,20,23H,7,9-11,14,17-19H2,1-6H3,(H,27,29);1H/b13-8-,21-16+,24-22+;. The Kier molecular flexibility index (Phi) is 13.9. The molecule has 1 heterocycles. The highest BCUT2D eigenvalue weighted by Crippen LogP contribution is 2.16. The largest absolute Gasteiger partial charge is 0.496 e. The lowest BCUT2D eigenvalue weighted by Crippen LogP contribution is -2.37. The van der Waals surface area contributed by atoms with Gasteiger partial charge in [-0.2, -0.15) is 0 Å². The van der Waals surface area contributed by atoms with Crippen molar-refractivity contribution in [3.63, 3.8) is 0 Å². The molecule has 1 atom stereocenters. The van der Waals surface area contributed by atoms with Crippen molar-refractivity contribution in [3.8, 4) is 0 Å². The molecule has 0 saturated heterocycles. The molecule has 0 aliphatic rings. The van der Waals surface area contributed by atoms with Crippen LogP contribution in [0.2, 0.25) is 0 Å². The van der Waals surface area contributed by atoms with Gasteiger partial charge in [-0.05, 0) is 69.3 Å². The van der Waals surface area contributed by atoms with Gasteiger partial charge in [0.15, 0.2) is 0 Å². The van der Waals surface area contributed by atoms with Crippen molar-refractivity contribution in [3.05, 3.63) is 57.5 Å². The number of thiophene rings is 1. The van der Waals surface area contributed by atoms with Crippen LogP contribution < -0.4 is 5.32 Å². The summed E-state index contributed by atoms with van der Waals surface area (Å²) >= 11 is 1.50. The van der Waals surface area contributed by atoms with E-state index in [4.69, 9.17) is 4.74 Å². The number of amides is 1. The van der Waals surface area contributed by atoms with Crippen LogP contribution in [0.4, 0.5) is 0 Å². The summed E-state index contributed by atoms with van der Waals surface area (Å²) in [5.41, 5.74) is 2.38. The van der Waals surface area contributed by atoms with Gasteiger partial charge >= 0.3 is 0 Å². The van der Waals surface area contributed by atoms with Crippen molar-refractivity contribution in [2.75, 3.05) is 27.2 Å². The highest BCUT2D eigenvalue weighted by atomic mass is 32.1. The van der Waals surface area contributed by atoms with E-state index < -0.39 is 0 Å². The molecule has 31 heavy (non-hydrogen) atoms. The molecule has 1 aromatic heterocycles. The Morgan fingerprint density at radius 3 is 2.68 bits per heavy atom. The number of ether oxygens (including phenoxy) is 1. The smallest absolute Gasteiger partial charge is 0.261 e. The van der Waals surface area contributed by atoms with Gasteiger partial charge in [-0.15, -0.1) is 11.3 Å². The Hall–Kier alpha value is -1.85. The number of carbonyl (C=O) groups excluding carboxylic acids is 1. The molecule has 5 heteroatoms. The number of carbonyl (C=O) groups is 1. The minimum absolute atomic E-state index is 0. The molecular formula is C26H44N2O2S. The fraction of sp³-hybridized carbons (Fsp3) is 0.577. The molecule has 1 N–H and O–H groups in total. The van der Waals surface area contributed by atoms with Crippen LogP contribution >= 0.6 is 11.3 Å². The summed E-state index contributed by atoms with van der Waals surface area (Å²) in [5, 5.41) is 5.22. The average molecular weight is 449 g/mol. The number of hydrogen-bond donors (Lipinski definition) is 1. The third kappa shape index (κ3) is 10.8. The topological polar surface area (TPSA) is 41.6 Å². The van der Waals surface area contributed by atoms with Gasteiger partial charge in [-0.3, -0.25) is 4.79 Å². The molecule has 0 aliphatic heterocycles. The van der Waals surface area contributed by atoms with Crippen LogP contribution in [-0.2, 0) is 4.74 Å². The lowest BCUT2D eigenvalue weighted by atomic mass is 10.0. The molecule has 0 aliphatic carbocycles. The van der Waals surface area contributed by atoms with E-state index in [-0.39, 0.29) is 13.4 Å². The van der Waals surface area contributed by atoms with E-state index in [0.717, 1.165) is 42.1 Å². The molecule has 0 aromatic carbocycles. The van der Waals surface area contributed by atoms with E-state index in [0.29, 0.717) is 0 Å². The summed E-state index contributed by atoms with van der Waals surface area (Å²) < 4.78 is 5.48. The minimum atomic E-state index is 0. The highest BCUT2D eigenvalue weighted by molar-refractivity contribution is 7.12. The predicted molar refractivity (Wildman–Crippen MR) is 137 cm³/mol. The van der Waals surface area contributed by atoms with E-state index in [1.165, 1.54) is 42.6 Å². The molecule has 0 fully saturated rings. The zero-order valence-corrected chi connectivity index (χ0v) is 21.2. The van der Waals surface area contributed by atoms with Gasteiger partial charge in [0, 0.05) is 20.6 Å². The number of nitrogens with one attached hydrogen (secondary N) is 1. The molecule has 0 saturated carbocycles. The number of hydrogen-bond acceptors (Lipinski definition) is 4. The lowest BCUT2D eigenvalue weighted by Gasteiger charge is -2.22. The molecule has 0 radical (unpaired) electrons. The van der Waals surface area contributed by atoms with Crippen molar-refractivity contribution in [1.29, 1.82) is 0 Å². The molecule has 0 spiro atoms. The maximum atomic E-state index is 12.5. The average Bonchev–Trinajstić information content (AvgIpc) is 3.31. The third-order valence-electron chi connectivity index (χ3n) is 5.55. The Balaban J connectivity index is 0.00000961. The van der Waals surface area contributed by atoms with E-state index in [1.54, 1.807) is 7.11 Å². The van der Waals surface area contributed by atoms with Crippen LogP contribution in [0.15, 0.2) is 52.6 Å². The molecule has 0 bridgehead atoms. The Morgan fingerprint density at radius 2 is 2.06 bits per heavy atom. The second-order valence-electron chi connectivity index (χ2n) is 8.13. The van der Waals surface area contributed by atoms with Gasteiger partial charge in [0.25, 0.3) is 5.91 Å². The first-order valence-electron chi connectivity index (χ1n) is 11.5. The van der Waals surface area contributed by atoms with Crippen molar-refractivity contribution in [2.24, 2.45) is 0 Å². The van der Waals surface area contributed by atoms with Crippen LogP contribution in [0.3, 0.4) is 0 Å². The lowest BCUT2D eigenvalue weighted by molar-refractivity contribution is 0.0934. The van der Waals surface area contributed by atoms with Gasteiger partial charge in [0.05, 0.1) is 12.0 Å². The van der Waals surface area contributed by atoms with Crippen molar-refractivity contribution in [1.82, 2.24) is 10.2 Å². The number of unbranched alkanes of at least 4 members (excludes halogenated alkanes) is 3. The maximum Gasteiger partial charge on any atom is 0.261 e. The summed E-state index contributed by atoms with van der Waals surface area (Å²) in [4.78, 5) is 15.6. The van der Waals surface area contributed by atoms with E-state index in [2.05, 4.69) is 44.1 Å². The van der Waals surface area contributed by atoms with Gasteiger partial charge in [-0.25, -0.2) is 0 Å². The quantitative estimate of drug-likeness (QED) is 0.182. The SMILES string of the molecule is C\C=C/C(OC)=C(C)\C(C)=C\CN(C)CCC(CCCCCC)NC(=O)c1cccs1.[HH]. The van der Waals surface area contributed by atoms with Gasteiger partial charge in [-0.1, -0.05) is 50.8 Å². The molecule has 176 valence electrons. The summed E-state index contributed by atoms with van der Waals surface area (Å²) in [7, 11) is 3.85. The van der Waals surface area contributed by atoms with E-state index in [1.807, 2.05) is 36.6 Å². The molecule has 1 unspecified atom stereocenters. The molecule has 1 rings (SSSR count). The molecule has 1 amide bonds. The first-order chi connectivity index (χ1) is 14.9. The zero-order chi connectivity index (χ0) is 23.1. The van der Waals surface area contributed by atoms with Crippen LogP contribution in [0.5, 0.6) is 0 Å². The monoisotopic (exact) mass is 448 g/mol. The van der Waals surface area contributed by atoms with E-state index >= 15 is 0 Å². The molecular weight excluding hydrogens is 404 g/mol. The maximum absolute atomic E-state index is 12.5. The summed E-state index contributed by atoms with van der Waals surface area (Å²) in [6, 6.07) is 4.04. The van der Waals surface area contributed by atoms with Crippen LogP contribution in [0.25, 0.3) is 0 Å². The van der Waals surface area contributed by atoms with Gasteiger partial charge in [0.1, 0.15) is 5.76 Å². The van der Waals surface area contributed by atoms with Crippen LogP contribution in [-0.4, -0.2) is 44.1 Å². The number of methoxy groups -OCH3 is 1. The molecule has 4 nitrogen and oxygen atoms in total. The third-order valence-corrected chi connectivity index (χ3v) is 6.42. The number of nitrogens with zero attached hydrogens (tertiary/aromatic N) is 1. The van der Waals surface area contributed by atoms with Gasteiger partial charge in [0.2, 0.25) is 0 Å². The van der Waals surface area contributed by atoms with E-state index in [9.17, 15) is 4.79 Å². The van der Waals surface area contributed by atoms with Crippen molar-refractivity contribution >= 4 is 17.2 Å². The normalized spacial score (nSPS) is 14.1.